The van der Waals surface area contributed by atoms with E-state index in [0.717, 1.165) is 12.1 Å². The first-order chi connectivity index (χ1) is 12.0. The van der Waals surface area contributed by atoms with E-state index in [1.807, 2.05) is 0 Å². The summed E-state index contributed by atoms with van der Waals surface area (Å²) in [5.74, 6) is 0.685. The molecule has 0 saturated carbocycles. The third-order valence-electron chi connectivity index (χ3n) is 3.46. The predicted octanol–water partition coefficient (Wildman–Crippen LogP) is 2.38. The van der Waals surface area contributed by atoms with Crippen molar-refractivity contribution in [2.75, 3.05) is 19.9 Å². The minimum atomic E-state index is -0.936. The minimum Gasteiger partial charge on any atom is -0.491 e. The fourth-order valence-electron chi connectivity index (χ4n) is 2.20. The number of benzene rings is 2. The van der Waals surface area contributed by atoms with Crippen LogP contribution < -0.4 is 19.5 Å². The average Bonchev–Trinajstić information content (AvgIpc) is 3.05. The van der Waals surface area contributed by atoms with Crippen LogP contribution in [0.25, 0.3) is 0 Å². The molecule has 2 aromatic rings. The molecule has 0 aromatic heterocycles. The van der Waals surface area contributed by atoms with E-state index >= 15 is 0 Å². The Bertz CT molecular complexity index is 786. The van der Waals surface area contributed by atoms with Gasteiger partial charge in [0.15, 0.2) is 11.5 Å². The van der Waals surface area contributed by atoms with Gasteiger partial charge in [-0.1, -0.05) is 11.6 Å². The van der Waals surface area contributed by atoms with Gasteiger partial charge in [-0.2, -0.15) is 0 Å². The van der Waals surface area contributed by atoms with Gasteiger partial charge >= 0.3 is 0 Å². The Balaban J connectivity index is 1.48. The molecule has 0 radical (unpaired) electrons. The zero-order valence-corrected chi connectivity index (χ0v) is 13.8. The first-order valence-electron chi connectivity index (χ1n) is 7.46. The molecule has 0 saturated heterocycles. The van der Waals surface area contributed by atoms with Crippen molar-refractivity contribution in [2.24, 2.45) is 0 Å². The van der Waals surface area contributed by atoms with Gasteiger partial charge < -0.3 is 24.6 Å². The Morgan fingerprint density at radius 3 is 2.88 bits per heavy atom. The number of fused-ring (bicyclic) bond motifs is 1. The summed E-state index contributed by atoms with van der Waals surface area (Å²) in [5, 5.41) is 12.4. The maximum absolute atomic E-state index is 13.0. The Morgan fingerprint density at radius 1 is 1.28 bits per heavy atom. The average molecular weight is 368 g/mol. The van der Waals surface area contributed by atoms with Crippen molar-refractivity contribution in [1.29, 1.82) is 0 Å². The molecule has 1 amide bonds. The van der Waals surface area contributed by atoms with E-state index in [1.165, 1.54) is 6.07 Å². The largest absolute Gasteiger partial charge is 0.491 e. The number of nitrogens with one attached hydrogen (secondary N) is 1. The van der Waals surface area contributed by atoms with Crippen molar-refractivity contribution in [1.82, 2.24) is 5.32 Å². The standard InChI is InChI=1S/C17H15ClFNO5/c18-14-5-10(19)1-3-13(14)17(22)20-7-11(21)8-23-12-2-4-15-16(6-12)25-9-24-15/h1-6,11,21H,7-9H2,(H,20,22)/t11-/m1/s1. The molecule has 1 heterocycles. The lowest BCUT2D eigenvalue weighted by Crippen LogP contribution is -2.35. The molecule has 1 aliphatic rings. The van der Waals surface area contributed by atoms with Gasteiger partial charge in [0, 0.05) is 12.6 Å². The molecule has 0 spiro atoms. The van der Waals surface area contributed by atoms with E-state index in [1.54, 1.807) is 18.2 Å². The summed E-state index contributed by atoms with van der Waals surface area (Å²) < 4.78 is 28.9. The second-order valence-corrected chi connectivity index (χ2v) is 5.72. The lowest BCUT2D eigenvalue weighted by atomic mass is 10.2. The van der Waals surface area contributed by atoms with Crippen molar-refractivity contribution in [2.45, 2.75) is 6.10 Å². The number of ether oxygens (including phenoxy) is 3. The summed E-state index contributed by atoms with van der Waals surface area (Å²) in [6.07, 6.45) is -0.936. The van der Waals surface area contributed by atoms with Crippen LogP contribution in [0.15, 0.2) is 36.4 Å². The second-order valence-electron chi connectivity index (χ2n) is 5.31. The van der Waals surface area contributed by atoms with Crippen LogP contribution in [0.5, 0.6) is 17.2 Å². The van der Waals surface area contributed by atoms with Crippen molar-refractivity contribution >= 4 is 17.5 Å². The highest BCUT2D eigenvalue weighted by Gasteiger charge is 2.16. The summed E-state index contributed by atoms with van der Waals surface area (Å²) in [7, 11) is 0. The molecule has 0 aliphatic carbocycles. The SMILES string of the molecule is O=C(NC[C@@H](O)COc1ccc2c(c1)OCO2)c1ccc(F)cc1Cl. The molecule has 2 N–H and O–H groups in total. The van der Waals surface area contributed by atoms with Gasteiger partial charge in [0.1, 0.15) is 24.3 Å². The topological polar surface area (TPSA) is 77.0 Å². The molecule has 25 heavy (non-hydrogen) atoms. The number of amides is 1. The van der Waals surface area contributed by atoms with Gasteiger partial charge in [-0.15, -0.1) is 0 Å². The molecule has 1 aliphatic heterocycles. The highest BCUT2D eigenvalue weighted by Crippen LogP contribution is 2.35. The monoisotopic (exact) mass is 367 g/mol. The lowest BCUT2D eigenvalue weighted by Gasteiger charge is -2.14. The molecule has 0 unspecified atom stereocenters. The Hall–Kier alpha value is -2.51. The van der Waals surface area contributed by atoms with Crippen LogP contribution in [0.1, 0.15) is 10.4 Å². The molecule has 8 heteroatoms. The summed E-state index contributed by atoms with van der Waals surface area (Å²) in [5.41, 5.74) is 0.131. The van der Waals surface area contributed by atoms with E-state index in [0.29, 0.717) is 17.2 Å². The molecular weight excluding hydrogens is 353 g/mol. The van der Waals surface area contributed by atoms with Crippen LogP contribution in [0.4, 0.5) is 4.39 Å². The third-order valence-corrected chi connectivity index (χ3v) is 3.77. The molecule has 3 rings (SSSR count). The number of aliphatic hydroxyl groups excluding tert-OH is 1. The molecular formula is C17H15ClFNO5. The Morgan fingerprint density at radius 2 is 2.08 bits per heavy atom. The normalized spacial score (nSPS) is 13.4. The number of hydrogen-bond acceptors (Lipinski definition) is 5. The van der Waals surface area contributed by atoms with Crippen molar-refractivity contribution in [3.63, 3.8) is 0 Å². The number of aliphatic hydroxyl groups is 1. The van der Waals surface area contributed by atoms with Crippen molar-refractivity contribution in [3.8, 4) is 17.2 Å². The molecule has 0 fully saturated rings. The van der Waals surface area contributed by atoms with Crippen LogP contribution in [0, 0.1) is 5.82 Å². The van der Waals surface area contributed by atoms with Gasteiger partial charge in [-0.05, 0) is 30.3 Å². The quantitative estimate of drug-likeness (QED) is 0.819. The number of hydrogen-bond donors (Lipinski definition) is 2. The highest BCUT2D eigenvalue weighted by atomic mass is 35.5. The molecule has 0 bridgehead atoms. The van der Waals surface area contributed by atoms with E-state index in [4.69, 9.17) is 25.8 Å². The Kier molecular flexibility index (Phi) is 5.25. The van der Waals surface area contributed by atoms with Crippen LogP contribution in [0.2, 0.25) is 5.02 Å². The first-order valence-corrected chi connectivity index (χ1v) is 7.84. The summed E-state index contributed by atoms with van der Waals surface area (Å²) in [6.45, 7) is 0.0908. The first kappa shape index (κ1) is 17.3. The van der Waals surface area contributed by atoms with Gasteiger partial charge in [-0.3, -0.25) is 4.79 Å². The van der Waals surface area contributed by atoms with Crippen LogP contribution in [0.3, 0.4) is 0 Å². The number of carbonyl (C=O) groups is 1. The molecule has 1 atom stereocenters. The van der Waals surface area contributed by atoms with E-state index in [2.05, 4.69) is 5.32 Å². The second kappa shape index (κ2) is 7.58. The van der Waals surface area contributed by atoms with E-state index in [-0.39, 0.29) is 30.5 Å². The van der Waals surface area contributed by atoms with Crippen molar-refractivity contribution < 1.29 is 28.5 Å². The molecule has 132 valence electrons. The van der Waals surface area contributed by atoms with Gasteiger partial charge in [0.05, 0.1) is 10.6 Å². The van der Waals surface area contributed by atoms with Crippen LogP contribution in [-0.4, -0.2) is 37.1 Å². The van der Waals surface area contributed by atoms with E-state index < -0.39 is 17.8 Å². The number of rotatable bonds is 6. The molecule has 6 nitrogen and oxygen atoms in total. The van der Waals surface area contributed by atoms with Gasteiger partial charge in [0.25, 0.3) is 5.91 Å². The van der Waals surface area contributed by atoms with E-state index in [9.17, 15) is 14.3 Å². The number of carbonyl (C=O) groups excluding carboxylic acids is 1. The minimum absolute atomic E-state index is 0.00333. The maximum Gasteiger partial charge on any atom is 0.252 e. The smallest absolute Gasteiger partial charge is 0.252 e. The zero-order chi connectivity index (χ0) is 17.8. The van der Waals surface area contributed by atoms with Crippen LogP contribution >= 0.6 is 11.6 Å². The summed E-state index contributed by atoms with van der Waals surface area (Å²) in [4.78, 5) is 12.0. The van der Waals surface area contributed by atoms with Gasteiger partial charge in [-0.25, -0.2) is 4.39 Å². The fourth-order valence-corrected chi connectivity index (χ4v) is 2.45. The predicted molar refractivity (Wildman–Crippen MR) is 87.8 cm³/mol. The zero-order valence-electron chi connectivity index (χ0n) is 13.0. The van der Waals surface area contributed by atoms with Crippen LogP contribution in [-0.2, 0) is 0 Å². The molecule has 2 aromatic carbocycles. The fraction of sp³-hybridized carbons (Fsp3) is 0.235. The number of halogens is 2. The Labute approximate surface area is 148 Å². The third kappa shape index (κ3) is 4.32. The lowest BCUT2D eigenvalue weighted by molar-refractivity contribution is 0.0843. The highest BCUT2D eigenvalue weighted by molar-refractivity contribution is 6.33. The maximum atomic E-state index is 13.0. The summed E-state index contributed by atoms with van der Waals surface area (Å²) in [6, 6.07) is 8.53. The summed E-state index contributed by atoms with van der Waals surface area (Å²) >= 11 is 5.82. The van der Waals surface area contributed by atoms with Gasteiger partial charge in [0.2, 0.25) is 6.79 Å². The van der Waals surface area contributed by atoms with Crippen molar-refractivity contribution in [3.05, 3.63) is 52.8 Å².